The number of hydrogen-bond donors (Lipinski definition) is 2. The zero-order chi connectivity index (χ0) is 15.5. The Morgan fingerprint density at radius 1 is 1.19 bits per heavy atom. The maximum atomic E-state index is 13.6. The second kappa shape index (κ2) is 6.24. The first-order valence-corrected chi connectivity index (χ1v) is 8.11. The van der Waals surface area contributed by atoms with Crippen molar-refractivity contribution in [1.82, 2.24) is 4.72 Å². The first-order chi connectivity index (χ1) is 9.87. The van der Waals surface area contributed by atoms with Crippen molar-refractivity contribution in [2.75, 3.05) is 5.73 Å². The molecular weight excluding hydrogens is 291 g/mol. The molecule has 0 saturated carbocycles. The molecule has 0 bridgehead atoms. The largest absolute Gasteiger partial charge is 0.399 e. The number of anilines is 1. The van der Waals surface area contributed by atoms with Gasteiger partial charge >= 0.3 is 0 Å². The van der Waals surface area contributed by atoms with Gasteiger partial charge in [0, 0.05) is 17.3 Å². The van der Waals surface area contributed by atoms with Crippen LogP contribution in [0.4, 0.5) is 10.1 Å². The van der Waals surface area contributed by atoms with Crippen LogP contribution in [0.1, 0.15) is 24.1 Å². The molecule has 0 aliphatic heterocycles. The standard InChI is InChI=1S/C15H17FN2O2S/c1-11(14-7-2-3-8-15(14)16)18-21(19,20)10-12-5-4-6-13(17)9-12/h2-9,11,18H,10,17H2,1H3. The summed E-state index contributed by atoms with van der Waals surface area (Å²) in [5.41, 5.74) is 7.03. The summed E-state index contributed by atoms with van der Waals surface area (Å²) >= 11 is 0. The van der Waals surface area contributed by atoms with E-state index in [0.29, 0.717) is 16.8 Å². The van der Waals surface area contributed by atoms with Crippen LogP contribution < -0.4 is 10.5 Å². The van der Waals surface area contributed by atoms with E-state index in [4.69, 9.17) is 5.73 Å². The lowest BCUT2D eigenvalue weighted by Crippen LogP contribution is -2.28. The number of hydrogen-bond acceptors (Lipinski definition) is 3. The Hall–Kier alpha value is -1.92. The summed E-state index contributed by atoms with van der Waals surface area (Å²) in [4.78, 5) is 0. The van der Waals surface area contributed by atoms with Crippen LogP contribution in [0.5, 0.6) is 0 Å². The molecule has 0 amide bonds. The summed E-state index contributed by atoms with van der Waals surface area (Å²) in [6.45, 7) is 1.61. The number of sulfonamides is 1. The van der Waals surface area contributed by atoms with Gasteiger partial charge in [-0.15, -0.1) is 0 Å². The van der Waals surface area contributed by atoms with E-state index in [2.05, 4.69) is 4.72 Å². The van der Waals surface area contributed by atoms with Crippen molar-refractivity contribution in [2.45, 2.75) is 18.7 Å². The van der Waals surface area contributed by atoms with Crippen LogP contribution >= 0.6 is 0 Å². The van der Waals surface area contributed by atoms with Crippen LogP contribution in [0.2, 0.25) is 0 Å². The van der Waals surface area contributed by atoms with Crippen LogP contribution in [-0.4, -0.2) is 8.42 Å². The second-order valence-electron chi connectivity index (χ2n) is 4.87. The highest BCUT2D eigenvalue weighted by atomic mass is 32.2. The zero-order valence-corrected chi connectivity index (χ0v) is 12.4. The molecule has 0 aliphatic carbocycles. The van der Waals surface area contributed by atoms with Gasteiger partial charge in [-0.2, -0.15) is 0 Å². The molecule has 4 nitrogen and oxygen atoms in total. The average Bonchev–Trinajstić information content (AvgIpc) is 2.37. The Labute approximate surface area is 123 Å². The molecule has 0 radical (unpaired) electrons. The number of nitrogen functional groups attached to an aromatic ring is 1. The second-order valence-corrected chi connectivity index (χ2v) is 6.62. The Morgan fingerprint density at radius 2 is 1.90 bits per heavy atom. The van der Waals surface area contributed by atoms with Gasteiger partial charge in [-0.1, -0.05) is 30.3 Å². The molecule has 0 aliphatic rings. The van der Waals surface area contributed by atoms with Gasteiger partial charge in [0.25, 0.3) is 0 Å². The summed E-state index contributed by atoms with van der Waals surface area (Å²) in [5.74, 6) is -0.631. The van der Waals surface area contributed by atoms with Crippen molar-refractivity contribution in [2.24, 2.45) is 0 Å². The normalized spacial score (nSPS) is 13.0. The molecule has 21 heavy (non-hydrogen) atoms. The predicted octanol–water partition coefficient (Wildman–Crippen LogP) is 2.59. The van der Waals surface area contributed by atoms with Gasteiger partial charge in [0.1, 0.15) is 5.82 Å². The van der Waals surface area contributed by atoms with Gasteiger partial charge in [0.05, 0.1) is 5.75 Å². The quantitative estimate of drug-likeness (QED) is 0.834. The molecule has 0 spiro atoms. The van der Waals surface area contributed by atoms with Gasteiger partial charge in [-0.25, -0.2) is 17.5 Å². The number of nitrogens with two attached hydrogens (primary N) is 1. The van der Waals surface area contributed by atoms with Gasteiger partial charge < -0.3 is 5.73 Å². The highest BCUT2D eigenvalue weighted by molar-refractivity contribution is 7.88. The van der Waals surface area contributed by atoms with Crippen molar-refractivity contribution < 1.29 is 12.8 Å². The summed E-state index contributed by atoms with van der Waals surface area (Å²) in [5, 5.41) is 0. The maximum absolute atomic E-state index is 13.6. The lowest BCUT2D eigenvalue weighted by Gasteiger charge is -2.15. The van der Waals surface area contributed by atoms with Crippen molar-refractivity contribution >= 4 is 15.7 Å². The molecular formula is C15H17FN2O2S. The average molecular weight is 308 g/mol. The summed E-state index contributed by atoms with van der Waals surface area (Å²) < 4.78 is 40.4. The number of nitrogens with one attached hydrogen (secondary N) is 1. The Bertz CT molecular complexity index is 732. The first-order valence-electron chi connectivity index (χ1n) is 6.46. The van der Waals surface area contributed by atoms with Gasteiger partial charge in [0.2, 0.25) is 10.0 Å². The highest BCUT2D eigenvalue weighted by Crippen LogP contribution is 2.18. The molecule has 2 rings (SSSR count). The van der Waals surface area contributed by atoms with Crippen molar-refractivity contribution in [3.05, 3.63) is 65.5 Å². The van der Waals surface area contributed by atoms with E-state index < -0.39 is 21.9 Å². The van der Waals surface area contributed by atoms with Crippen LogP contribution in [-0.2, 0) is 15.8 Å². The van der Waals surface area contributed by atoms with Crippen LogP contribution in [0.3, 0.4) is 0 Å². The molecule has 6 heteroatoms. The zero-order valence-electron chi connectivity index (χ0n) is 11.6. The minimum Gasteiger partial charge on any atom is -0.399 e. The van der Waals surface area contributed by atoms with Gasteiger partial charge in [-0.3, -0.25) is 0 Å². The van der Waals surface area contributed by atoms with Crippen molar-refractivity contribution in [3.63, 3.8) is 0 Å². The fourth-order valence-electron chi connectivity index (χ4n) is 2.10. The molecule has 0 heterocycles. The molecule has 1 atom stereocenters. The minimum absolute atomic E-state index is 0.198. The molecule has 2 aromatic rings. The molecule has 2 aromatic carbocycles. The smallest absolute Gasteiger partial charge is 0.216 e. The van der Waals surface area contributed by atoms with Gasteiger partial charge in [-0.05, 0) is 30.7 Å². The Morgan fingerprint density at radius 3 is 2.57 bits per heavy atom. The number of halogens is 1. The van der Waals surface area contributed by atoms with E-state index in [1.54, 1.807) is 49.4 Å². The van der Waals surface area contributed by atoms with Crippen molar-refractivity contribution in [3.8, 4) is 0 Å². The minimum atomic E-state index is -3.59. The van der Waals surface area contributed by atoms with Crippen LogP contribution in [0, 0.1) is 5.82 Å². The fraction of sp³-hybridized carbons (Fsp3) is 0.200. The van der Waals surface area contributed by atoms with E-state index in [9.17, 15) is 12.8 Å². The van der Waals surface area contributed by atoms with Crippen LogP contribution in [0.15, 0.2) is 48.5 Å². The van der Waals surface area contributed by atoms with E-state index in [-0.39, 0.29) is 5.75 Å². The molecule has 0 fully saturated rings. The topological polar surface area (TPSA) is 72.2 Å². The summed E-state index contributed by atoms with van der Waals surface area (Å²) in [7, 11) is -3.59. The fourth-order valence-corrected chi connectivity index (χ4v) is 3.47. The number of rotatable bonds is 5. The molecule has 3 N–H and O–H groups in total. The maximum Gasteiger partial charge on any atom is 0.216 e. The Kier molecular flexibility index (Phi) is 4.59. The number of benzene rings is 2. The van der Waals surface area contributed by atoms with Crippen LogP contribution in [0.25, 0.3) is 0 Å². The van der Waals surface area contributed by atoms with E-state index in [1.165, 1.54) is 6.07 Å². The SMILES string of the molecule is CC(NS(=O)(=O)Cc1cccc(N)c1)c1ccccc1F. The first kappa shape index (κ1) is 15.5. The third kappa shape index (κ3) is 4.27. The van der Waals surface area contributed by atoms with E-state index >= 15 is 0 Å². The molecule has 1 unspecified atom stereocenters. The molecule has 112 valence electrons. The van der Waals surface area contributed by atoms with E-state index in [0.717, 1.165) is 0 Å². The highest BCUT2D eigenvalue weighted by Gasteiger charge is 2.18. The van der Waals surface area contributed by atoms with Gasteiger partial charge in [0.15, 0.2) is 0 Å². The van der Waals surface area contributed by atoms with Crippen molar-refractivity contribution in [1.29, 1.82) is 0 Å². The predicted molar refractivity (Wildman–Crippen MR) is 81.4 cm³/mol. The molecule has 0 aromatic heterocycles. The summed E-state index contributed by atoms with van der Waals surface area (Å²) in [6, 6.07) is 12.1. The Balaban J connectivity index is 2.12. The third-order valence-electron chi connectivity index (χ3n) is 3.04. The molecule has 0 saturated heterocycles. The van der Waals surface area contributed by atoms with E-state index in [1.807, 2.05) is 0 Å². The monoisotopic (exact) mass is 308 g/mol. The third-order valence-corrected chi connectivity index (χ3v) is 4.46. The summed E-state index contributed by atoms with van der Waals surface area (Å²) in [6.07, 6.45) is 0. The lowest BCUT2D eigenvalue weighted by atomic mass is 10.1. The lowest BCUT2D eigenvalue weighted by molar-refractivity contribution is 0.549.